The molecule has 0 atom stereocenters. The van der Waals surface area contributed by atoms with E-state index in [2.05, 4.69) is 31.2 Å². The molecule has 0 spiro atoms. The fraction of sp³-hybridized carbons (Fsp3) is 0.500. The number of carbonyl (C=O) groups excluding carboxylic acids is 1. The summed E-state index contributed by atoms with van der Waals surface area (Å²) in [6.45, 7) is 7.76. The Morgan fingerprint density at radius 1 is 1.20 bits per heavy atom. The van der Waals surface area contributed by atoms with Crippen LogP contribution in [0.15, 0.2) is 6.07 Å². The van der Waals surface area contributed by atoms with Crippen molar-refractivity contribution in [3.05, 3.63) is 11.8 Å². The summed E-state index contributed by atoms with van der Waals surface area (Å²) in [6, 6.07) is 1.90. The number of anilines is 1. The van der Waals surface area contributed by atoms with Gasteiger partial charge in [0, 0.05) is 25.5 Å². The molecule has 1 aromatic rings. The van der Waals surface area contributed by atoms with Crippen molar-refractivity contribution in [2.45, 2.75) is 33.1 Å². The van der Waals surface area contributed by atoms with E-state index in [1.165, 1.54) is 6.92 Å². The van der Waals surface area contributed by atoms with E-state index in [4.69, 9.17) is 19.8 Å². The zero-order valence-electron chi connectivity index (χ0n) is 12.1. The van der Waals surface area contributed by atoms with Crippen LogP contribution in [0.4, 0.5) is 5.82 Å². The topological polar surface area (TPSA) is 122 Å². The summed E-state index contributed by atoms with van der Waals surface area (Å²) in [5.41, 5.74) is 0.984. The molecule has 0 aliphatic heterocycles. The first-order valence-electron chi connectivity index (χ1n) is 5.73. The fourth-order valence-electron chi connectivity index (χ4n) is 1.13. The van der Waals surface area contributed by atoms with Gasteiger partial charge in [0.15, 0.2) is 0 Å². The second-order valence-corrected chi connectivity index (χ2v) is 5.08. The monoisotopic (exact) mass is 285 g/mol. The average Bonchev–Trinajstić information content (AvgIpc) is 2.59. The van der Waals surface area contributed by atoms with Gasteiger partial charge in [-0.05, 0) is 0 Å². The highest BCUT2D eigenvalue weighted by molar-refractivity contribution is 6.27. The first kappa shape index (κ1) is 17.6. The highest BCUT2D eigenvalue weighted by Gasteiger charge is 2.18. The molecule has 1 heterocycles. The Kier molecular flexibility index (Phi) is 5.89. The van der Waals surface area contributed by atoms with Gasteiger partial charge in [0.2, 0.25) is 5.91 Å². The van der Waals surface area contributed by atoms with Crippen LogP contribution in [-0.2, 0) is 26.8 Å². The molecule has 0 fully saturated rings. The Morgan fingerprint density at radius 2 is 1.65 bits per heavy atom. The van der Waals surface area contributed by atoms with Gasteiger partial charge in [-0.15, -0.1) is 0 Å². The predicted octanol–water partition coefficient (Wildman–Crippen LogP) is 0.832. The maximum Gasteiger partial charge on any atom is 0.414 e. The molecule has 8 heteroatoms. The normalized spacial score (nSPS) is 10.2. The van der Waals surface area contributed by atoms with Crippen molar-refractivity contribution in [2.24, 2.45) is 7.05 Å². The number of aliphatic carboxylic acids is 2. The van der Waals surface area contributed by atoms with Gasteiger partial charge in [-0.3, -0.25) is 9.48 Å². The fourth-order valence-corrected chi connectivity index (χ4v) is 1.13. The minimum atomic E-state index is -1.82. The quantitative estimate of drug-likeness (QED) is 0.657. The molecule has 0 aliphatic carbocycles. The number of amides is 1. The molecule has 1 rings (SSSR count). The van der Waals surface area contributed by atoms with Gasteiger partial charge in [-0.1, -0.05) is 20.8 Å². The van der Waals surface area contributed by atoms with E-state index in [0.717, 1.165) is 11.5 Å². The Morgan fingerprint density at radius 3 is 1.90 bits per heavy atom. The Hall–Kier alpha value is -2.38. The van der Waals surface area contributed by atoms with Crippen LogP contribution in [0.5, 0.6) is 0 Å². The molecule has 20 heavy (non-hydrogen) atoms. The van der Waals surface area contributed by atoms with Crippen molar-refractivity contribution in [2.75, 3.05) is 5.32 Å². The van der Waals surface area contributed by atoms with Crippen molar-refractivity contribution in [3.63, 3.8) is 0 Å². The van der Waals surface area contributed by atoms with E-state index in [-0.39, 0.29) is 11.3 Å². The third-order valence-corrected chi connectivity index (χ3v) is 2.14. The number of hydrogen-bond acceptors (Lipinski definition) is 4. The predicted molar refractivity (Wildman–Crippen MR) is 71.5 cm³/mol. The highest BCUT2D eigenvalue weighted by atomic mass is 16.4. The second-order valence-electron chi connectivity index (χ2n) is 5.08. The summed E-state index contributed by atoms with van der Waals surface area (Å²) in [6.07, 6.45) is 0. The van der Waals surface area contributed by atoms with E-state index >= 15 is 0 Å². The molecule has 3 N–H and O–H groups in total. The Labute approximate surface area is 116 Å². The van der Waals surface area contributed by atoms with Crippen LogP contribution in [0.2, 0.25) is 0 Å². The maximum absolute atomic E-state index is 10.9. The van der Waals surface area contributed by atoms with Gasteiger partial charge in [-0.2, -0.15) is 5.10 Å². The van der Waals surface area contributed by atoms with Crippen LogP contribution in [0.3, 0.4) is 0 Å². The van der Waals surface area contributed by atoms with E-state index in [1.54, 1.807) is 4.68 Å². The third-order valence-electron chi connectivity index (χ3n) is 2.14. The van der Waals surface area contributed by atoms with Crippen LogP contribution in [-0.4, -0.2) is 37.8 Å². The van der Waals surface area contributed by atoms with Crippen LogP contribution in [0.1, 0.15) is 33.4 Å². The first-order chi connectivity index (χ1) is 8.95. The number of hydrogen-bond donors (Lipinski definition) is 3. The number of carboxylic acids is 2. The molecule has 0 aromatic carbocycles. The van der Waals surface area contributed by atoms with Crippen molar-refractivity contribution in [1.82, 2.24) is 9.78 Å². The second kappa shape index (κ2) is 6.69. The molecule has 1 amide bonds. The number of aryl methyl sites for hydroxylation is 1. The van der Waals surface area contributed by atoms with E-state index in [1.807, 2.05) is 13.1 Å². The molecule has 112 valence electrons. The molecule has 0 radical (unpaired) electrons. The average molecular weight is 285 g/mol. The lowest BCUT2D eigenvalue weighted by Crippen LogP contribution is -2.12. The highest BCUT2D eigenvalue weighted by Crippen LogP contribution is 2.23. The van der Waals surface area contributed by atoms with Crippen LogP contribution < -0.4 is 5.32 Å². The van der Waals surface area contributed by atoms with Gasteiger partial charge in [0.05, 0.1) is 5.69 Å². The van der Waals surface area contributed by atoms with Crippen molar-refractivity contribution >= 4 is 23.7 Å². The summed E-state index contributed by atoms with van der Waals surface area (Å²) >= 11 is 0. The SMILES string of the molecule is CC(=O)Nc1cc(C(C)(C)C)nn1C.O=C(O)C(=O)O. The number of nitrogens with zero attached hydrogens (tertiary/aromatic N) is 2. The molecular weight excluding hydrogens is 266 g/mol. The molecule has 0 unspecified atom stereocenters. The smallest absolute Gasteiger partial charge is 0.414 e. The van der Waals surface area contributed by atoms with Crippen molar-refractivity contribution in [1.29, 1.82) is 0 Å². The van der Waals surface area contributed by atoms with Crippen molar-refractivity contribution < 1.29 is 24.6 Å². The lowest BCUT2D eigenvalue weighted by molar-refractivity contribution is -0.159. The van der Waals surface area contributed by atoms with Gasteiger partial charge in [0.25, 0.3) is 0 Å². The molecule has 8 nitrogen and oxygen atoms in total. The molecule has 0 saturated heterocycles. The lowest BCUT2D eigenvalue weighted by atomic mass is 9.92. The summed E-state index contributed by atoms with van der Waals surface area (Å²) in [5, 5.41) is 21.8. The zero-order chi connectivity index (χ0) is 16.1. The summed E-state index contributed by atoms with van der Waals surface area (Å²) in [7, 11) is 1.82. The van der Waals surface area contributed by atoms with Gasteiger partial charge < -0.3 is 15.5 Å². The van der Waals surface area contributed by atoms with E-state index in [0.29, 0.717) is 0 Å². The molecule has 1 aromatic heterocycles. The minimum Gasteiger partial charge on any atom is -0.473 e. The lowest BCUT2D eigenvalue weighted by Gasteiger charge is -2.13. The Balaban J connectivity index is 0.000000511. The maximum atomic E-state index is 10.9. The standard InChI is InChI=1S/C10H17N3O.C2H2O4/c1-7(14)11-9-6-8(10(2,3)4)12-13(9)5;3-1(4)2(5)6/h6H,1-5H3,(H,11,14);(H,3,4)(H,5,6). The molecule has 0 bridgehead atoms. The third kappa shape index (κ3) is 5.98. The number of carbonyl (C=O) groups is 3. The van der Waals surface area contributed by atoms with E-state index < -0.39 is 11.9 Å². The van der Waals surface area contributed by atoms with E-state index in [9.17, 15) is 4.79 Å². The van der Waals surface area contributed by atoms with Crippen LogP contribution in [0.25, 0.3) is 0 Å². The largest absolute Gasteiger partial charge is 0.473 e. The molecular formula is C12H19N3O5. The first-order valence-corrected chi connectivity index (χ1v) is 5.73. The van der Waals surface area contributed by atoms with Crippen LogP contribution in [0, 0.1) is 0 Å². The summed E-state index contributed by atoms with van der Waals surface area (Å²) in [5.74, 6) is -2.99. The Bertz CT molecular complexity index is 502. The summed E-state index contributed by atoms with van der Waals surface area (Å²) < 4.78 is 1.68. The molecule has 0 saturated carbocycles. The number of rotatable bonds is 1. The summed E-state index contributed by atoms with van der Waals surface area (Å²) in [4.78, 5) is 29.1. The van der Waals surface area contributed by atoms with Crippen molar-refractivity contribution in [3.8, 4) is 0 Å². The number of nitrogens with one attached hydrogen (secondary N) is 1. The number of aromatic nitrogens is 2. The van der Waals surface area contributed by atoms with Crippen LogP contribution >= 0.6 is 0 Å². The van der Waals surface area contributed by atoms with Gasteiger partial charge in [0.1, 0.15) is 5.82 Å². The van der Waals surface area contributed by atoms with Gasteiger partial charge >= 0.3 is 11.9 Å². The number of carboxylic acid groups (broad SMARTS) is 2. The molecule has 0 aliphatic rings. The van der Waals surface area contributed by atoms with Gasteiger partial charge in [-0.25, -0.2) is 9.59 Å². The minimum absolute atomic E-state index is 0.00841. The zero-order valence-corrected chi connectivity index (χ0v) is 12.1.